The maximum Gasteiger partial charge on any atom is 0.242 e. The number of hydrogen-bond donors (Lipinski definition) is 5. The fraction of sp³-hybridized carbons (Fsp3) is 0.412. The third-order valence-corrected chi connectivity index (χ3v) is 3.64. The van der Waals surface area contributed by atoms with E-state index in [-0.39, 0.29) is 6.42 Å². The predicted octanol–water partition coefficient (Wildman–Crippen LogP) is -2.52. The third kappa shape index (κ3) is 7.81. The highest BCUT2D eigenvalue weighted by Gasteiger charge is 2.25. The molecule has 152 valence electrons. The maximum atomic E-state index is 12.3. The summed E-state index contributed by atoms with van der Waals surface area (Å²) in [6, 6.07) is -0.388. The Hall–Kier alpha value is -3.50. The normalized spacial score (nSPS) is 14.0. The number of amides is 5. The van der Waals surface area contributed by atoms with E-state index in [1.165, 1.54) is 26.2 Å². The van der Waals surface area contributed by atoms with Gasteiger partial charge in [-0.05, 0) is 31.5 Å². The van der Waals surface area contributed by atoms with E-state index in [0.717, 1.165) is 0 Å². The molecule has 11 heteroatoms. The van der Waals surface area contributed by atoms with E-state index in [1.54, 1.807) is 12.1 Å². The summed E-state index contributed by atoms with van der Waals surface area (Å²) >= 11 is 0. The van der Waals surface area contributed by atoms with Crippen molar-refractivity contribution in [2.24, 2.45) is 11.5 Å². The Kier molecular flexibility index (Phi) is 7.88. The SMILES string of the molecule is [2H]N(C(=O)Cc1ccncc1)[C@H](C)C(=O)N[C@@H](C)C(=O)N[C@@H](CC(N)=O)C(N)=O. The molecule has 11 nitrogen and oxygen atoms in total. The largest absolute Gasteiger partial charge is 0.370 e. The Morgan fingerprint density at radius 2 is 1.61 bits per heavy atom. The van der Waals surface area contributed by atoms with Gasteiger partial charge in [0.1, 0.15) is 18.1 Å². The number of rotatable bonds is 10. The minimum Gasteiger partial charge on any atom is -0.370 e. The van der Waals surface area contributed by atoms with Crippen LogP contribution in [0.5, 0.6) is 0 Å². The van der Waals surface area contributed by atoms with E-state index >= 15 is 0 Å². The van der Waals surface area contributed by atoms with Crippen LogP contribution in [-0.4, -0.2) is 52.6 Å². The lowest BCUT2D eigenvalue weighted by Crippen LogP contribution is -2.55. The van der Waals surface area contributed by atoms with Crippen LogP contribution in [-0.2, 0) is 30.4 Å². The molecule has 0 saturated carbocycles. The van der Waals surface area contributed by atoms with Crippen molar-refractivity contribution in [2.75, 3.05) is 0 Å². The summed E-state index contributed by atoms with van der Waals surface area (Å²) in [6.07, 6.45) is 2.44. The third-order valence-electron chi connectivity index (χ3n) is 3.64. The Labute approximate surface area is 163 Å². The summed E-state index contributed by atoms with van der Waals surface area (Å²) in [7, 11) is 0. The second-order valence-corrected chi connectivity index (χ2v) is 6.10. The molecule has 0 aromatic carbocycles. The zero-order chi connectivity index (χ0) is 22.1. The van der Waals surface area contributed by atoms with Crippen molar-refractivity contribution in [1.29, 1.82) is 0 Å². The van der Waals surface area contributed by atoms with E-state index in [4.69, 9.17) is 12.9 Å². The van der Waals surface area contributed by atoms with Crippen molar-refractivity contribution in [3.8, 4) is 0 Å². The lowest BCUT2D eigenvalue weighted by molar-refractivity contribution is -0.133. The van der Waals surface area contributed by atoms with Crippen LogP contribution in [0.25, 0.3) is 0 Å². The molecule has 0 aliphatic carbocycles. The van der Waals surface area contributed by atoms with Crippen molar-refractivity contribution >= 4 is 29.5 Å². The van der Waals surface area contributed by atoms with Crippen LogP contribution in [0.1, 0.15) is 25.8 Å². The van der Waals surface area contributed by atoms with Crippen molar-refractivity contribution in [1.82, 2.24) is 20.9 Å². The number of nitrogens with zero attached hydrogens (tertiary/aromatic N) is 1. The summed E-state index contributed by atoms with van der Waals surface area (Å²) < 4.78 is 7.86. The van der Waals surface area contributed by atoms with Gasteiger partial charge in [0.15, 0.2) is 1.41 Å². The van der Waals surface area contributed by atoms with Gasteiger partial charge in [-0.1, -0.05) is 0 Å². The van der Waals surface area contributed by atoms with Crippen LogP contribution in [0.15, 0.2) is 24.5 Å². The summed E-state index contributed by atoms with van der Waals surface area (Å²) in [5, 5.41) is 5.06. The van der Waals surface area contributed by atoms with Gasteiger partial charge in [0.05, 0.1) is 12.8 Å². The topological polar surface area (TPSA) is 186 Å². The minimum absolute atomic E-state index is 0.0902. The Morgan fingerprint density at radius 3 is 2.14 bits per heavy atom. The molecule has 1 heterocycles. The molecule has 0 aliphatic heterocycles. The van der Waals surface area contributed by atoms with Crippen LogP contribution >= 0.6 is 0 Å². The molecule has 1 rings (SSSR count). The smallest absolute Gasteiger partial charge is 0.242 e. The van der Waals surface area contributed by atoms with Crippen molar-refractivity contribution in [2.45, 2.75) is 44.8 Å². The van der Waals surface area contributed by atoms with Crippen molar-refractivity contribution in [3.63, 3.8) is 0 Å². The van der Waals surface area contributed by atoms with Crippen LogP contribution in [0.4, 0.5) is 0 Å². The van der Waals surface area contributed by atoms with Crippen LogP contribution in [0.2, 0.25) is 1.41 Å². The molecule has 0 spiro atoms. The highest BCUT2D eigenvalue weighted by Crippen LogP contribution is 1.98. The number of carbonyl (C=O) groups excluding carboxylic acids is 5. The molecule has 0 fully saturated rings. The molecule has 5 amide bonds. The summed E-state index contributed by atoms with van der Waals surface area (Å²) in [6.45, 7) is 2.66. The van der Waals surface area contributed by atoms with Gasteiger partial charge in [-0.15, -0.1) is 0 Å². The molecule has 1 aromatic rings. The number of primary amides is 2. The highest BCUT2D eigenvalue weighted by molar-refractivity contribution is 5.95. The molecular weight excluding hydrogens is 368 g/mol. The van der Waals surface area contributed by atoms with E-state index < -0.39 is 54.1 Å². The molecular formula is C17H24N6O5. The van der Waals surface area contributed by atoms with Crippen LogP contribution in [0, 0.1) is 0 Å². The van der Waals surface area contributed by atoms with Gasteiger partial charge in [-0.3, -0.25) is 29.0 Å². The van der Waals surface area contributed by atoms with Gasteiger partial charge in [0.2, 0.25) is 29.5 Å². The first-order chi connectivity index (χ1) is 13.5. The zero-order valence-electron chi connectivity index (χ0n) is 16.5. The number of hydrogen-bond acceptors (Lipinski definition) is 6. The first-order valence-electron chi connectivity index (χ1n) is 8.85. The number of nitrogens with one attached hydrogen (secondary N) is 3. The lowest BCUT2D eigenvalue weighted by atomic mass is 10.1. The van der Waals surface area contributed by atoms with Gasteiger partial charge < -0.3 is 27.4 Å². The number of carbonyl (C=O) groups is 5. The van der Waals surface area contributed by atoms with Crippen molar-refractivity contribution < 1.29 is 25.4 Å². The standard InChI is InChI=1S/C17H24N6O5/c1-9(21-14(25)7-11-3-5-20-6-4-11)16(27)22-10(2)17(28)23-12(15(19)26)8-13(18)24/h3-6,9-10,12H,7-8H2,1-2H3,(H2,18,24)(H2,19,26)(H,21,25)(H,22,27)(H,23,28)/t9-,10+,12+/m1/s1/i/hD. The highest BCUT2D eigenvalue weighted by atomic mass is 16.2. The average molecular weight is 393 g/mol. The van der Waals surface area contributed by atoms with Gasteiger partial charge in [-0.25, -0.2) is 0 Å². The second-order valence-electron chi connectivity index (χ2n) is 6.10. The molecule has 28 heavy (non-hydrogen) atoms. The number of nitrogens with two attached hydrogens (primary N) is 2. The number of aromatic nitrogens is 1. The molecule has 0 bridgehead atoms. The van der Waals surface area contributed by atoms with Crippen LogP contribution < -0.4 is 27.4 Å². The van der Waals surface area contributed by atoms with Gasteiger partial charge in [-0.2, -0.15) is 0 Å². The Bertz CT molecular complexity index is 775. The van der Waals surface area contributed by atoms with E-state index in [1.807, 2.05) is 0 Å². The molecule has 3 atom stereocenters. The molecule has 0 radical (unpaired) electrons. The number of pyridine rings is 1. The predicted molar refractivity (Wildman–Crippen MR) is 98.1 cm³/mol. The quantitative estimate of drug-likeness (QED) is 0.292. The molecule has 0 unspecified atom stereocenters. The molecule has 0 aliphatic rings. The van der Waals surface area contributed by atoms with E-state index in [2.05, 4.69) is 15.6 Å². The van der Waals surface area contributed by atoms with Crippen LogP contribution in [0.3, 0.4) is 0 Å². The summed E-state index contributed by atoms with van der Waals surface area (Å²) in [5.74, 6) is -3.95. The lowest BCUT2D eigenvalue weighted by Gasteiger charge is -2.20. The first kappa shape index (κ1) is 20.8. The van der Waals surface area contributed by atoms with Crippen molar-refractivity contribution in [3.05, 3.63) is 30.1 Å². The van der Waals surface area contributed by atoms with Gasteiger partial charge >= 0.3 is 0 Å². The summed E-state index contributed by atoms with van der Waals surface area (Å²) in [4.78, 5) is 62.6. The molecule has 1 aromatic heterocycles. The molecule has 7 N–H and O–H groups in total. The monoisotopic (exact) mass is 393 g/mol. The van der Waals surface area contributed by atoms with E-state index in [9.17, 15) is 24.0 Å². The summed E-state index contributed by atoms with van der Waals surface area (Å²) in [5.41, 5.74) is 10.7. The van der Waals surface area contributed by atoms with Gasteiger partial charge in [0.25, 0.3) is 0 Å². The average Bonchev–Trinajstić information content (AvgIpc) is 2.66. The second kappa shape index (κ2) is 10.6. The zero-order valence-corrected chi connectivity index (χ0v) is 15.5. The first-order valence-corrected chi connectivity index (χ1v) is 8.41. The Morgan fingerprint density at radius 1 is 1.04 bits per heavy atom. The molecule has 0 saturated heterocycles. The Balaban J connectivity index is 2.63. The van der Waals surface area contributed by atoms with E-state index in [0.29, 0.717) is 10.9 Å². The van der Waals surface area contributed by atoms with Gasteiger partial charge in [0, 0.05) is 12.4 Å². The fourth-order valence-electron chi connectivity index (χ4n) is 2.12. The maximum absolute atomic E-state index is 12.3. The fourth-order valence-corrected chi connectivity index (χ4v) is 2.12. The minimum atomic E-state index is -1.31.